The number of aldehydes is 1. The van der Waals surface area contributed by atoms with Gasteiger partial charge in [-0.25, -0.2) is 9.18 Å². The van der Waals surface area contributed by atoms with E-state index in [1.165, 1.54) is 4.57 Å². The standard InChI is InChI=1S/C20H23F4N3O5/c1-3-26-17(11-31-18-6-4-5-7-30-18)25-27(19(26)29)15-9-16(13(10-28)8-14(15)21)32-12(2)20(22,23)24/h8-10,12,18H,3-7,11H2,1-2H3/t12-,18?/m0/s1. The predicted octanol–water partition coefficient (Wildman–Crippen LogP) is 3.38. The van der Waals surface area contributed by atoms with Crippen LogP contribution in [0.2, 0.25) is 0 Å². The van der Waals surface area contributed by atoms with Gasteiger partial charge in [0.25, 0.3) is 0 Å². The van der Waals surface area contributed by atoms with Gasteiger partial charge in [0.2, 0.25) is 0 Å². The van der Waals surface area contributed by atoms with Crippen LogP contribution < -0.4 is 10.4 Å². The van der Waals surface area contributed by atoms with E-state index >= 15 is 0 Å². The Balaban J connectivity index is 1.95. The van der Waals surface area contributed by atoms with Crippen molar-refractivity contribution in [3.8, 4) is 11.4 Å². The molecule has 2 atom stereocenters. The van der Waals surface area contributed by atoms with Crippen LogP contribution in [0.3, 0.4) is 0 Å². The zero-order valence-corrected chi connectivity index (χ0v) is 17.5. The number of halogens is 4. The molecule has 3 rings (SSSR count). The van der Waals surface area contributed by atoms with Crippen LogP contribution in [0.25, 0.3) is 5.69 Å². The summed E-state index contributed by atoms with van der Waals surface area (Å²) in [6.45, 7) is 3.11. The van der Waals surface area contributed by atoms with Crippen molar-refractivity contribution in [1.82, 2.24) is 14.3 Å². The molecule has 0 N–H and O–H groups in total. The van der Waals surface area contributed by atoms with E-state index < -0.39 is 47.1 Å². The topological polar surface area (TPSA) is 84.6 Å². The number of ether oxygens (including phenoxy) is 3. The van der Waals surface area contributed by atoms with Gasteiger partial charge in [-0.1, -0.05) is 0 Å². The average Bonchev–Trinajstić information content (AvgIpc) is 3.08. The largest absolute Gasteiger partial charge is 0.480 e. The van der Waals surface area contributed by atoms with Gasteiger partial charge in [-0.2, -0.15) is 17.9 Å². The third kappa shape index (κ3) is 5.18. The molecule has 0 spiro atoms. The van der Waals surface area contributed by atoms with Gasteiger partial charge < -0.3 is 14.2 Å². The minimum absolute atomic E-state index is 0.0801. The maximum Gasteiger partial charge on any atom is 0.425 e. The Kier molecular flexibility index (Phi) is 7.34. The van der Waals surface area contributed by atoms with E-state index in [-0.39, 0.29) is 25.3 Å². The minimum Gasteiger partial charge on any atom is -0.480 e. The Morgan fingerprint density at radius 3 is 2.69 bits per heavy atom. The number of benzene rings is 1. The van der Waals surface area contributed by atoms with Crippen molar-refractivity contribution in [2.75, 3.05) is 6.61 Å². The van der Waals surface area contributed by atoms with Crippen molar-refractivity contribution in [1.29, 1.82) is 0 Å². The van der Waals surface area contributed by atoms with Gasteiger partial charge in [-0.15, -0.1) is 5.10 Å². The first-order chi connectivity index (χ1) is 15.2. The van der Waals surface area contributed by atoms with Crippen molar-refractivity contribution in [3.63, 3.8) is 0 Å². The molecule has 0 amide bonds. The fourth-order valence-electron chi connectivity index (χ4n) is 3.20. The first-order valence-corrected chi connectivity index (χ1v) is 10.1. The van der Waals surface area contributed by atoms with Crippen LogP contribution in [-0.2, 0) is 22.6 Å². The fourth-order valence-corrected chi connectivity index (χ4v) is 3.20. The van der Waals surface area contributed by atoms with Crippen molar-refractivity contribution in [3.05, 3.63) is 39.8 Å². The zero-order chi connectivity index (χ0) is 23.5. The molecule has 8 nitrogen and oxygen atoms in total. The molecule has 1 aromatic heterocycles. The number of aromatic nitrogens is 3. The molecule has 32 heavy (non-hydrogen) atoms. The Hall–Kier alpha value is -2.73. The fraction of sp³-hybridized carbons (Fsp3) is 0.550. The number of carbonyl (C=O) groups excluding carboxylic acids is 1. The van der Waals surface area contributed by atoms with Gasteiger partial charge >= 0.3 is 11.9 Å². The number of hydrogen-bond acceptors (Lipinski definition) is 6. The van der Waals surface area contributed by atoms with Gasteiger partial charge in [-0.05, 0) is 39.2 Å². The molecule has 0 aliphatic carbocycles. The van der Waals surface area contributed by atoms with Gasteiger partial charge in [0.15, 0.2) is 24.5 Å². The molecule has 1 fully saturated rings. The predicted molar refractivity (Wildman–Crippen MR) is 103 cm³/mol. The molecular weight excluding hydrogens is 438 g/mol. The van der Waals surface area contributed by atoms with E-state index in [2.05, 4.69) is 5.10 Å². The number of carbonyl (C=O) groups is 1. The average molecular weight is 461 g/mol. The second-order valence-electron chi connectivity index (χ2n) is 7.22. The Bertz CT molecular complexity index is 1010. The van der Waals surface area contributed by atoms with Gasteiger partial charge in [0, 0.05) is 19.2 Å². The monoisotopic (exact) mass is 461 g/mol. The highest BCUT2D eigenvalue weighted by atomic mass is 19.4. The molecule has 0 saturated carbocycles. The number of nitrogens with zero attached hydrogens (tertiary/aromatic N) is 3. The molecule has 1 saturated heterocycles. The molecule has 0 radical (unpaired) electrons. The Labute approximate surface area is 180 Å². The lowest BCUT2D eigenvalue weighted by Crippen LogP contribution is -2.31. The molecule has 1 unspecified atom stereocenters. The van der Waals surface area contributed by atoms with E-state index in [9.17, 15) is 27.2 Å². The van der Waals surface area contributed by atoms with E-state index in [0.717, 1.165) is 25.8 Å². The Morgan fingerprint density at radius 2 is 2.09 bits per heavy atom. The van der Waals surface area contributed by atoms with E-state index in [1.807, 2.05) is 0 Å². The number of hydrogen-bond donors (Lipinski definition) is 0. The van der Waals surface area contributed by atoms with Crippen LogP contribution in [0.15, 0.2) is 16.9 Å². The van der Waals surface area contributed by atoms with Crippen molar-refractivity contribution < 1.29 is 36.6 Å². The van der Waals surface area contributed by atoms with Crippen molar-refractivity contribution in [2.24, 2.45) is 0 Å². The van der Waals surface area contributed by atoms with Crippen molar-refractivity contribution in [2.45, 2.75) is 64.8 Å². The second-order valence-corrected chi connectivity index (χ2v) is 7.22. The van der Waals surface area contributed by atoms with Gasteiger partial charge in [-0.3, -0.25) is 9.36 Å². The third-order valence-corrected chi connectivity index (χ3v) is 4.99. The SMILES string of the molecule is CCn1c(COC2CCCCO2)nn(-c2cc(O[C@@H](C)C(F)(F)F)c(C=O)cc2F)c1=O. The molecule has 176 valence electrons. The van der Waals surface area contributed by atoms with Crippen LogP contribution in [0, 0.1) is 5.82 Å². The lowest BCUT2D eigenvalue weighted by molar-refractivity contribution is -0.189. The summed E-state index contributed by atoms with van der Waals surface area (Å²) in [6, 6.07) is 1.55. The summed E-state index contributed by atoms with van der Waals surface area (Å²) in [6.07, 6.45) is -4.68. The summed E-state index contributed by atoms with van der Waals surface area (Å²) in [4.78, 5) is 24.0. The summed E-state index contributed by atoms with van der Waals surface area (Å²) < 4.78 is 71.3. The first-order valence-electron chi connectivity index (χ1n) is 10.1. The van der Waals surface area contributed by atoms with E-state index in [4.69, 9.17) is 14.2 Å². The molecule has 2 heterocycles. The summed E-state index contributed by atoms with van der Waals surface area (Å²) >= 11 is 0. The van der Waals surface area contributed by atoms with Crippen LogP contribution in [0.1, 0.15) is 49.3 Å². The second kappa shape index (κ2) is 9.82. The molecule has 1 aromatic carbocycles. The highest BCUT2D eigenvalue weighted by molar-refractivity contribution is 5.80. The molecular formula is C20H23F4N3O5. The molecule has 1 aliphatic rings. The zero-order valence-electron chi connectivity index (χ0n) is 17.5. The summed E-state index contributed by atoms with van der Waals surface area (Å²) in [7, 11) is 0. The summed E-state index contributed by atoms with van der Waals surface area (Å²) in [5, 5.41) is 4.10. The van der Waals surface area contributed by atoms with Crippen LogP contribution >= 0.6 is 0 Å². The Morgan fingerprint density at radius 1 is 1.34 bits per heavy atom. The van der Waals surface area contributed by atoms with Gasteiger partial charge in [0.05, 0.1) is 5.56 Å². The lowest BCUT2D eigenvalue weighted by Gasteiger charge is -2.22. The van der Waals surface area contributed by atoms with E-state index in [0.29, 0.717) is 23.8 Å². The molecule has 2 aromatic rings. The lowest BCUT2D eigenvalue weighted by atomic mass is 10.2. The number of alkyl halides is 3. The minimum atomic E-state index is -4.71. The van der Waals surface area contributed by atoms with Crippen LogP contribution in [0.5, 0.6) is 5.75 Å². The smallest absolute Gasteiger partial charge is 0.425 e. The summed E-state index contributed by atoms with van der Waals surface area (Å²) in [5.74, 6) is -1.35. The maximum absolute atomic E-state index is 14.7. The van der Waals surface area contributed by atoms with Crippen molar-refractivity contribution >= 4 is 6.29 Å². The molecule has 12 heteroatoms. The molecule has 1 aliphatic heterocycles. The summed E-state index contributed by atoms with van der Waals surface area (Å²) in [5.41, 5.74) is -1.60. The number of rotatable bonds is 8. The van der Waals surface area contributed by atoms with Gasteiger partial charge in [0.1, 0.15) is 23.9 Å². The van der Waals surface area contributed by atoms with E-state index in [1.54, 1.807) is 6.92 Å². The quantitative estimate of drug-likeness (QED) is 0.443. The van der Waals surface area contributed by atoms with Crippen LogP contribution in [0.4, 0.5) is 17.6 Å². The highest BCUT2D eigenvalue weighted by Gasteiger charge is 2.38. The third-order valence-electron chi connectivity index (χ3n) is 4.99. The maximum atomic E-state index is 14.7. The first kappa shape index (κ1) is 23.9. The highest BCUT2D eigenvalue weighted by Crippen LogP contribution is 2.29. The normalized spacial score (nSPS) is 17.9. The molecule has 0 bridgehead atoms. The van der Waals surface area contributed by atoms with Crippen LogP contribution in [-0.4, -0.2) is 45.8 Å².